The molecule has 0 saturated heterocycles. The van der Waals surface area contributed by atoms with E-state index in [9.17, 15) is 5.21 Å². The third kappa shape index (κ3) is 1.68. The topological polar surface area (TPSA) is 44.7 Å². The van der Waals surface area contributed by atoms with Gasteiger partial charge in [-0.3, -0.25) is 4.99 Å². The first-order valence-electron chi connectivity index (χ1n) is 6.02. The van der Waals surface area contributed by atoms with Gasteiger partial charge in [-0.15, -0.1) is 0 Å². The molecule has 0 bridgehead atoms. The fourth-order valence-electron chi connectivity index (χ4n) is 1.96. The Hall–Kier alpha value is -1.55. The SMILES string of the molecule is COc1ccccc1C1=NC(C)(C)C(C)(C)N1[O]. The highest BCUT2D eigenvalue weighted by molar-refractivity contribution is 6.02. The van der Waals surface area contributed by atoms with E-state index in [1.54, 1.807) is 7.11 Å². The molecule has 0 atom stereocenters. The maximum Gasteiger partial charge on any atom is 0.163 e. The van der Waals surface area contributed by atoms with Crippen LogP contribution in [-0.4, -0.2) is 29.1 Å². The van der Waals surface area contributed by atoms with Crippen molar-refractivity contribution in [1.29, 1.82) is 0 Å². The molecule has 1 aliphatic rings. The molecule has 97 valence electrons. The van der Waals surface area contributed by atoms with Gasteiger partial charge in [-0.25, -0.2) is 0 Å². The Kier molecular flexibility index (Phi) is 2.86. The summed E-state index contributed by atoms with van der Waals surface area (Å²) in [6, 6.07) is 7.46. The van der Waals surface area contributed by atoms with Crippen LogP contribution in [0.15, 0.2) is 29.3 Å². The van der Waals surface area contributed by atoms with E-state index < -0.39 is 11.1 Å². The number of hydroxylamine groups is 2. The molecule has 4 heteroatoms. The summed E-state index contributed by atoms with van der Waals surface area (Å²) in [5.74, 6) is 1.12. The number of benzene rings is 1. The van der Waals surface area contributed by atoms with Crippen LogP contribution in [0, 0.1) is 0 Å². The molecule has 1 radical (unpaired) electrons. The smallest absolute Gasteiger partial charge is 0.163 e. The van der Waals surface area contributed by atoms with Crippen molar-refractivity contribution in [3.63, 3.8) is 0 Å². The Morgan fingerprint density at radius 1 is 1.17 bits per heavy atom. The van der Waals surface area contributed by atoms with E-state index >= 15 is 0 Å². The Balaban J connectivity index is 2.53. The summed E-state index contributed by atoms with van der Waals surface area (Å²) in [7, 11) is 1.60. The number of amidine groups is 1. The Morgan fingerprint density at radius 3 is 2.28 bits per heavy atom. The predicted octanol–water partition coefficient (Wildman–Crippen LogP) is 2.66. The molecule has 0 unspecified atom stereocenters. The van der Waals surface area contributed by atoms with Crippen molar-refractivity contribution in [3.05, 3.63) is 29.8 Å². The highest BCUT2D eigenvalue weighted by atomic mass is 16.5. The van der Waals surface area contributed by atoms with Gasteiger partial charge < -0.3 is 4.74 Å². The summed E-state index contributed by atoms with van der Waals surface area (Å²) in [5.41, 5.74) is -0.248. The second-order valence-electron chi connectivity index (χ2n) is 5.55. The molecule has 0 saturated carbocycles. The van der Waals surface area contributed by atoms with Crippen LogP contribution in [0.2, 0.25) is 0 Å². The molecule has 18 heavy (non-hydrogen) atoms. The largest absolute Gasteiger partial charge is 0.496 e. The number of methoxy groups -OCH3 is 1. The van der Waals surface area contributed by atoms with E-state index in [1.807, 2.05) is 52.0 Å². The standard InChI is InChI=1S/C14H19N2O2/c1-13(2)14(3,4)16(17)12(15-13)10-8-6-7-9-11(10)18-5/h6-9H,1-5H3. The van der Waals surface area contributed by atoms with Gasteiger partial charge in [0, 0.05) is 0 Å². The number of hydrogen-bond donors (Lipinski definition) is 0. The zero-order valence-corrected chi connectivity index (χ0v) is 11.5. The fourth-order valence-corrected chi connectivity index (χ4v) is 1.96. The third-order valence-corrected chi connectivity index (χ3v) is 3.93. The van der Waals surface area contributed by atoms with Crippen LogP contribution < -0.4 is 4.74 Å². The molecule has 0 N–H and O–H groups in total. The molecule has 0 aliphatic carbocycles. The predicted molar refractivity (Wildman–Crippen MR) is 70.2 cm³/mol. The first-order valence-corrected chi connectivity index (χ1v) is 6.02. The zero-order valence-electron chi connectivity index (χ0n) is 11.5. The summed E-state index contributed by atoms with van der Waals surface area (Å²) in [4.78, 5) is 4.58. The summed E-state index contributed by atoms with van der Waals surface area (Å²) in [6.45, 7) is 7.76. The highest BCUT2D eigenvalue weighted by Gasteiger charge is 2.50. The number of hydrogen-bond acceptors (Lipinski definition) is 3. The summed E-state index contributed by atoms with van der Waals surface area (Å²) >= 11 is 0. The molecular formula is C14H19N2O2. The quantitative estimate of drug-likeness (QED) is 0.806. The Bertz CT molecular complexity index is 492. The van der Waals surface area contributed by atoms with Crippen LogP contribution in [0.4, 0.5) is 0 Å². The van der Waals surface area contributed by atoms with Gasteiger partial charge in [0.05, 0.1) is 23.8 Å². The van der Waals surface area contributed by atoms with Crippen molar-refractivity contribution in [1.82, 2.24) is 5.06 Å². The van der Waals surface area contributed by atoms with Crippen molar-refractivity contribution < 1.29 is 9.94 Å². The summed E-state index contributed by atoms with van der Waals surface area (Å²) < 4.78 is 5.30. The van der Waals surface area contributed by atoms with Crippen molar-refractivity contribution in [2.45, 2.75) is 38.8 Å². The Morgan fingerprint density at radius 2 is 1.78 bits per heavy atom. The van der Waals surface area contributed by atoms with Gasteiger partial charge >= 0.3 is 0 Å². The molecule has 4 nitrogen and oxygen atoms in total. The first kappa shape index (κ1) is 12.9. The van der Waals surface area contributed by atoms with Gasteiger partial charge in [-0.05, 0) is 39.8 Å². The number of ether oxygens (including phenoxy) is 1. The summed E-state index contributed by atoms with van der Waals surface area (Å²) in [5, 5.41) is 13.4. The van der Waals surface area contributed by atoms with E-state index in [2.05, 4.69) is 4.99 Å². The molecule has 0 aromatic heterocycles. The Labute approximate surface area is 108 Å². The van der Waals surface area contributed by atoms with E-state index in [1.165, 1.54) is 0 Å². The van der Waals surface area contributed by atoms with Gasteiger partial charge in [0.15, 0.2) is 5.84 Å². The van der Waals surface area contributed by atoms with Crippen LogP contribution in [-0.2, 0) is 5.21 Å². The minimum atomic E-state index is -0.566. The minimum Gasteiger partial charge on any atom is -0.496 e. The van der Waals surface area contributed by atoms with Gasteiger partial charge in [0.2, 0.25) is 0 Å². The zero-order chi connectivity index (χ0) is 13.6. The number of para-hydroxylation sites is 1. The molecular weight excluding hydrogens is 228 g/mol. The second kappa shape index (κ2) is 3.99. The molecule has 0 amide bonds. The van der Waals surface area contributed by atoms with Crippen LogP contribution in [0.3, 0.4) is 0 Å². The molecule has 1 heterocycles. The maximum atomic E-state index is 12.4. The van der Waals surface area contributed by atoms with Crippen LogP contribution in [0.1, 0.15) is 33.3 Å². The van der Waals surface area contributed by atoms with Gasteiger partial charge in [0.25, 0.3) is 0 Å². The summed E-state index contributed by atoms with van der Waals surface area (Å²) in [6.07, 6.45) is 0. The minimum absolute atomic E-state index is 0.426. The number of nitrogens with zero attached hydrogens (tertiary/aromatic N) is 2. The molecule has 1 aliphatic heterocycles. The number of rotatable bonds is 2. The number of aliphatic imine (C=N–C) groups is 1. The average molecular weight is 247 g/mol. The highest BCUT2D eigenvalue weighted by Crippen LogP contribution is 2.39. The van der Waals surface area contributed by atoms with Crippen molar-refractivity contribution in [3.8, 4) is 5.75 Å². The van der Waals surface area contributed by atoms with E-state index in [4.69, 9.17) is 4.74 Å². The van der Waals surface area contributed by atoms with E-state index in [0.717, 1.165) is 10.6 Å². The second-order valence-corrected chi connectivity index (χ2v) is 5.55. The lowest BCUT2D eigenvalue weighted by atomic mass is 9.84. The molecule has 0 spiro atoms. The van der Waals surface area contributed by atoms with Gasteiger partial charge in [-0.2, -0.15) is 5.06 Å². The lowest BCUT2D eigenvalue weighted by Gasteiger charge is -2.35. The first-order chi connectivity index (χ1) is 8.31. The monoisotopic (exact) mass is 247 g/mol. The fraction of sp³-hybridized carbons (Fsp3) is 0.500. The maximum absolute atomic E-state index is 12.4. The van der Waals surface area contributed by atoms with Crippen molar-refractivity contribution in [2.24, 2.45) is 4.99 Å². The third-order valence-electron chi connectivity index (χ3n) is 3.93. The molecule has 0 fully saturated rings. The van der Waals surface area contributed by atoms with Gasteiger partial charge in [0.1, 0.15) is 5.75 Å². The lowest BCUT2D eigenvalue weighted by molar-refractivity contribution is -0.158. The van der Waals surface area contributed by atoms with Crippen molar-refractivity contribution >= 4 is 5.84 Å². The van der Waals surface area contributed by atoms with Crippen LogP contribution >= 0.6 is 0 Å². The molecule has 1 aromatic rings. The van der Waals surface area contributed by atoms with E-state index in [0.29, 0.717) is 11.6 Å². The van der Waals surface area contributed by atoms with Crippen molar-refractivity contribution in [2.75, 3.05) is 7.11 Å². The van der Waals surface area contributed by atoms with Gasteiger partial charge in [-0.1, -0.05) is 17.3 Å². The average Bonchev–Trinajstić information content (AvgIpc) is 2.49. The lowest BCUT2D eigenvalue weighted by Crippen LogP contribution is -2.50. The molecule has 2 rings (SSSR count). The van der Waals surface area contributed by atoms with Crippen LogP contribution in [0.5, 0.6) is 5.75 Å². The normalized spacial score (nSPS) is 20.8. The van der Waals surface area contributed by atoms with E-state index in [-0.39, 0.29) is 0 Å². The molecule has 1 aromatic carbocycles. The van der Waals surface area contributed by atoms with Crippen LogP contribution in [0.25, 0.3) is 0 Å².